The van der Waals surface area contributed by atoms with Gasteiger partial charge in [-0.25, -0.2) is 4.79 Å². The first kappa shape index (κ1) is 26.1. The summed E-state index contributed by atoms with van der Waals surface area (Å²) in [5.41, 5.74) is -0.670. The van der Waals surface area contributed by atoms with Gasteiger partial charge in [0.1, 0.15) is 5.76 Å². The molecule has 4 N–H and O–H groups in total. The quantitative estimate of drug-likeness (QED) is 0.191. The van der Waals surface area contributed by atoms with E-state index < -0.39 is 40.6 Å². The van der Waals surface area contributed by atoms with Crippen LogP contribution in [0.2, 0.25) is 0 Å². The van der Waals surface area contributed by atoms with Crippen molar-refractivity contribution in [3.8, 4) is 0 Å². The van der Waals surface area contributed by atoms with Gasteiger partial charge in [0.15, 0.2) is 0 Å². The number of Topliss-reactive ketones (excluding diaryl/α,β-unsaturated/α-hetero) is 2. The molecular formula is C27H36O7. The van der Waals surface area contributed by atoms with Crippen LogP contribution < -0.4 is 0 Å². The van der Waals surface area contributed by atoms with Crippen molar-refractivity contribution in [2.75, 3.05) is 0 Å². The Morgan fingerprint density at radius 2 is 1.76 bits per heavy atom. The summed E-state index contributed by atoms with van der Waals surface area (Å²) in [6.07, 6.45) is 5.01. The highest BCUT2D eigenvalue weighted by molar-refractivity contribution is 6.50. The predicted molar refractivity (Wildman–Crippen MR) is 127 cm³/mol. The first-order valence-electron chi connectivity index (χ1n) is 11.9. The average molecular weight is 473 g/mol. The van der Waals surface area contributed by atoms with Crippen LogP contribution in [0, 0.1) is 17.3 Å². The Balaban J connectivity index is 2.03. The van der Waals surface area contributed by atoms with Gasteiger partial charge in [-0.2, -0.15) is 0 Å². The van der Waals surface area contributed by atoms with Crippen molar-refractivity contribution in [3.05, 3.63) is 45.8 Å². The molecule has 0 unspecified atom stereocenters. The minimum atomic E-state index is -1.27. The Labute approximate surface area is 200 Å². The highest BCUT2D eigenvalue weighted by Gasteiger charge is 2.62. The molecule has 3 aliphatic rings. The number of carbonyl (C=O) groups is 3. The molecule has 0 aromatic rings. The van der Waals surface area contributed by atoms with Crippen LogP contribution in [0.4, 0.5) is 0 Å². The van der Waals surface area contributed by atoms with E-state index in [4.69, 9.17) is 0 Å². The number of aliphatic carboxylic acids is 1. The van der Waals surface area contributed by atoms with E-state index in [0.717, 1.165) is 5.57 Å². The maximum atomic E-state index is 13.2. The Kier molecular flexibility index (Phi) is 7.11. The number of aliphatic hydroxyl groups is 3. The van der Waals surface area contributed by atoms with Crippen molar-refractivity contribution in [1.29, 1.82) is 0 Å². The topological polar surface area (TPSA) is 132 Å². The van der Waals surface area contributed by atoms with Gasteiger partial charge < -0.3 is 20.4 Å². The van der Waals surface area contributed by atoms with Gasteiger partial charge in [-0.1, -0.05) is 24.6 Å². The second kappa shape index (κ2) is 9.27. The third-order valence-corrected chi connectivity index (χ3v) is 8.09. The zero-order valence-corrected chi connectivity index (χ0v) is 20.6. The van der Waals surface area contributed by atoms with E-state index in [1.54, 1.807) is 13.0 Å². The molecule has 34 heavy (non-hydrogen) atoms. The normalized spacial score (nSPS) is 33.7. The number of fused-ring (bicyclic) bond motifs is 1. The monoisotopic (exact) mass is 472 g/mol. The molecule has 3 rings (SSSR count). The average Bonchev–Trinajstić information content (AvgIpc) is 3.07. The fourth-order valence-electron chi connectivity index (χ4n) is 6.23. The molecule has 5 atom stereocenters. The zero-order chi connectivity index (χ0) is 25.6. The molecule has 3 aliphatic carbocycles. The maximum absolute atomic E-state index is 13.2. The van der Waals surface area contributed by atoms with Crippen molar-refractivity contribution in [1.82, 2.24) is 0 Å². The minimum Gasteiger partial charge on any atom is -0.507 e. The van der Waals surface area contributed by atoms with E-state index in [2.05, 4.69) is 0 Å². The van der Waals surface area contributed by atoms with Gasteiger partial charge in [-0.15, -0.1) is 0 Å². The summed E-state index contributed by atoms with van der Waals surface area (Å²) < 4.78 is 0. The number of carboxylic acids is 1. The molecule has 1 saturated carbocycles. The van der Waals surface area contributed by atoms with Crippen molar-refractivity contribution >= 4 is 17.5 Å². The van der Waals surface area contributed by atoms with Crippen LogP contribution >= 0.6 is 0 Å². The summed E-state index contributed by atoms with van der Waals surface area (Å²) >= 11 is 0. The van der Waals surface area contributed by atoms with E-state index in [-0.39, 0.29) is 34.0 Å². The third-order valence-electron chi connectivity index (χ3n) is 8.09. The van der Waals surface area contributed by atoms with E-state index in [0.29, 0.717) is 38.5 Å². The number of hydrogen-bond donors (Lipinski definition) is 4. The Morgan fingerprint density at radius 3 is 2.35 bits per heavy atom. The fraction of sp³-hybridized carbons (Fsp3) is 0.593. The predicted octanol–water partition coefficient (Wildman–Crippen LogP) is 3.96. The minimum absolute atomic E-state index is 0.0408. The molecule has 0 heterocycles. The van der Waals surface area contributed by atoms with Crippen LogP contribution in [0.15, 0.2) is 45.8 Å². The van der Waals surface area contributed by atoms with Gasteiger partial charge in [0, 0.05) is 33.6 Å². The van der Waals surface area contributed by atoms with E-state index in [9.17, 15) is 34.8 Å². The van der Waals surface area contributed by atoms with Crippen molar-refractivity contribution in [3.63, 3.8) is 0 Å². The van der Waals surface area contributed by atoms with Gasteiger partial charge in [0.05, 0.1) is 11.7 Å². The number of carbonyl (C=O) groups excluding carboxylic acids is 2. The second-order valence-electron chi connectivity index (χ2n) is 10.7. The highest BCUT2D eigenvalue weighted by atomic mass is 16.4. The number of allylic oxidation sites excluding steroid dienone is 5. The van der Waals surface area contributed by atoms with Crippen molar-refractivity contribution in [2.45, 2.75) is 84.8 Å². The van der Waals surface area contributed by atoms with E-state index in [1.165, 1.54) is 6.92 Å². The number of aliphatic hydroxyl groups excluding tert-OH is 2. The lowest BCUT2D eigenvalue weighted by Gasteiger charge is -2.50. The summed E-state index contributed by atoms with van der Waals surface area (Å²) in [6.45, 7) is 8.76. The highest BCUT2D eigenvalue weighted by Crippen LogP contribution is 2.61. The molecule has 186 valence electrons. The number of hydrogen-bond acceptors (Lipinski definition) is 6. The lowest BCUT2D eigenvalue weighted by molar-refractivity contribution is -0.135. The van der Waals surface area contributed by atoms with Gasteiger partial charge in [0.25, 0.3) is 0 Å². The number of rotatable bonds is 7. The zero-order valence-electron chi connectivity index (χ0n) is 20.6. The fourth-order valence-corrected chi connectivity index (χ4v) is 6.23. The largest absolute Gasteiger partial charge is 0.507 e. The van der Waals surface area contributed by atoms with Gasteiger partial charge in [-0.05, 0) is 72.1 Å². The SMILES string of the molecule is CC(C)=CCC/C(=C/CC[C@@]1(C)C2=C(C(O)=C(C)C(=O)C2=O)[C@@H](O)[C@H]2[C@H]1CC[C@]2(C)O)C(=O)O. The van der Waals surface area contributed by atoms with E-state index >= 15 is 0 Å². The molecule has 7 nitrogen and oxygen atoms in total. The lowest BCUT2D eigenvalue weighted by atomic mass is 9.54. The van der Waals surface area contributed by atoms with Gasteiger partial charge in [-0.3, -0.25) is 9.59 Å². The summed E-state index contributed by atoms with van der Waals surface area (Å²) in [4.78, 5) is 37.6. The maximum Gasteiger partial charge on any atom is 0.331 e. The molecule has 0 aromatic heterocycles. The van der Waals surface area contributed by atoms with Crippen LogP contribution in [0.5, 0.6) is 0 Å². The van der Waals surface area contributed by atoms with Crippen LogP contribution in [-0.2, 0) is 14.4 Å². The Hall–Kier alpha value is -2.51. The van der Waals surface area contributed by atoms with Gasteiger partial charge in [0.2, 0.25) is 11.6 Å². The Bertz CT molecular complexity index is 1040. The van der Waals surface area contributed by atoms with Crippen LogP contribution in [0.1, 0.15) is 73.1 Å². The summed E-state index contributed by atoms with van der Waals surface area (Å²) in [5.74, 6) is -3.82. The lowest BCUT2D eigenvalue weighted by Crippen LogP contribution is -2.53. The molecule has 1 fully saturated rings. The van der Waals surface area contributed by atoms with Crippen LogP contribution in [0.25, 0.3) is 0 Å². The smallest absolute Gasteiger partial charge is 0.331 e. The third kappa shape index (κ3) is 4.31. The molecule has 0 saturated heterocycles. The van der Waals surface area contributed by atoms with E-state index in [1.807, 2.05) is 26.8 Å². The molecule has 0 aromatic carbocycles. The molecule has 0 amide bonds. The van der Waals surface area contributed by atoms with Gasteiger partial charge >= 0.3 is 5.97 Å². The van der Waals surface area contributed by atoms with Crippen LogP contribution in [0.3, 0.4) is 0 Å². The summed E-state index contributed by atoms with van der Waals surface area (Å²) in [5, 5.41) is 42.7. The molecule has 0 aliphatic heterocycles. The summed E-state index contributed by atoms with van der Waals surface area (Å²) in [6, 6.07) is 0. The molecule has 7 heteroatoms. The molecule has 0 bridgehead atoms. The second-order valence-corrected chi connectivity index (χ2v) is 10.7. The summed E-state index contributed by atoms with van der Waals surface area (Å²) in [7, 11) is 0. The molecule has 0 spiro atoms. The Morgan fingerprint density at radius 1 is 1.12 bits per heavy atom. The standard InChI is InChI=1S/C27H36O7/c1-14(2)8-6-9-16(25(32)33)10-7-12-26(4)17-11-13-27(5,34)19(17)23(30)18-20(26)24(31)22(29)15(3)21(18)28/h8,10,17,19,23,28,30,34H,6-7,9,11-13H2,1-5H3,(H,32,33)/b16-10-/t17-,19-,23-,26-,27+/m1/s1. The molecule has 0 radical (unpaired) electrons. The van der Waals surface area contributed by atoms with Crippen LogP contribution in [-0.4, -0.2) is 49.7 Å². The van der Waals surface area contributed by atoms with Crippen molar-refractivity contribution in [2.24, 2.45) is 17.3 Å². The molecular weight excluding hydrogens is 436 g/mol. The first-order valence-corrected chi connectivity index (χ1v) is 11.9. The van der Waals surface area contributed by atoms with Crippen molar-refractivity contribution < 1.29 is 34.8 Å². The number of ketones is 2. The number of carboxylic acid groups (broad SMARTS) is 1. The first-order chi connectivity index (χ1) is 15.7.